The van der Waals surface area contributed by atoms with Gasteiger partial charge in [-0.15, -0.1) is 0 Å². The van der Waals surface area contributed by atoms with E-state index in [0.29, 0.717) is 11.4 Å². The SMILES string of the molecule is O=C(NCC(O)c1ccccc1)c1ccnc(-n2cncn2)c1. The molecule has 2 aromatic heterocycles. The second-order valence-electron chi connectivity index (χ2n) is 4.88. The molecule has 3 rings (SSSR count). The minimum atomic E-state index is -0.753. The number of carbonyl (C=O) groups excluding carboxylic acids is 1. The number of carbonyl (C=O) groups is 1. The van der Waals surface area contributed by atoms with Gasteiger partial charge in [0, 0.05) is 18.3 Å². The number of nitrogens with one attached hydrogen (secondary N) is 1. The Morgan fingerprint density at radius 3 is 2.83 bits per heavy atom. The largest absolute Gasteiger partial charge is 0.387 e. The van der Waals surface area contributed by atoms with Crippen molar-refractivity contribution < 1.29 is 9.90 Å². The summed E-state index contributed by atoms with van der Waals surface area (Å²) in [6, 6.07) is 12.4. The van der Waals surface area contributed by atoms with Gasteiger partial charge in [-0.2, -0.15) is 5.10 Å². The Labute approximate surface area is 132 Å². The molecule has 1 aromatic carbocycles. The average molecular weight is 309 g/mol. The van der Waals surface area contributed by atoms with Crippen LogP contribution < -0.4 is 5.32 Å². The van der Waals surface area contributed by atoms with Gasteiger partial charge in [0.15, 0.2) is 5.82 Å². The predicted molar refractivity (Wildman–Crippen MR) is 82.9 cm³/mol. The van der Waals surface area contributed by atoms with Crippen LogP contribution in [0.15, 0.2) is 61.3 Å². The molecule has 2 N–H and O–H groups in total. The molecule has 0 aliphatic heterocycles. The van der Waals surface area contributed by atoms with E-state index in [1.807, 2.05) is 30.3 Å². The van der Waals surface area contributed by atoms with Crippen molar-refractivity contribution in [2.75, 3.05) is 6.54 Å². The number of pyridine rings is 1. The van der Waals surface area contributed by atoms with Gasteiger partial charge in [-0.05, 0) is 17.7 Å². The van der Waals surface area contributed by atoms with Crippen LogP contribution in [0.3, 0.4) is 0 Å². The second kappa shape index (κ2) is 6.80. The number of hydrogen-bond acceptors (Lipinski definition) is 5. The quantitative estimate of drug-likeness (QED) is 0.737. The van der Waals surface area contributed by atoms with Crippen LogP contribution in [0, 0.1) is 0 Å². The van der Waals surface area contributed by atoms with Gasteiger partial charge < -0.3 is 10.4 Å². The fourth-order valence-electron chi connectivity index (χ4n) is 2.10. The van der Waals surface area contributed by atoms with E-state index in [0.717, 1.165) is 5.56 Å². The van der Waals surface area contributed by atoms with Crippen molar-refractivity contribution in [3.8, 4) is 5.82 Å². The van der Waals surface area contributed by atoms with Gasteiger partial charge in [0.05, 0.1) is 6.10 Å². The molecule has 0 fully saturated rings. The molecular formula is C16H15N5O2. The summed E-state index contributed by atoms with van der Waals surface area (Å²) < 4.78 is 1.47. The molecule has 0 radical (unpaired) electrons. The molecule has 3 aromatic rings. The zero-order chi connectivity index (χ0) is 16.1. The molecule has 0 bridgehead atoms. The molecule has 0 saturated carbocycles. The molecule has 0 aliphatic rings. The lowest BCUT2D eigenvalue weighted by Crippen LogP contribution is -2.28. The molecule has 1 atom stereocenters. The third-order valence-electron chi connectivity index (χ3n) is 3.30. The second-order valence-corrected chi connectivity index (χ2v) is 4.88. The minimum absolute atomic E-state index is 0.129. The Morgan fingerprint density at radius 1 is 1.26 bits per heavy atom. The van der Waals surface area contributed by atoms with Crippen LogP contribution >= 0.6 is 0 Å². The lowest BCUT2D eigenvalue weighted by molar-refractivity contribution is 0.0916. The highest BCUT2D eigenvalue weighted by Crippen LogP contribution is 2.11. The van der Waals surface area contributed by atoms with Crippen molar-refractivity contribution in [2.24, 2.45) is 0 Å². The predicted octanol–water partition coefficient (Wildman–Crippen LogP) is 1.13. The summed E-state index contributed by atoms with van der Waals surface area (Å²) in [7, 11) is 0. The van der Waals surface area contributed by atoms with Crippen molar-refractivity contribution in [2.45, 2.75) is 6.10 Å². The number of rotatable bonds is 5. The number of nitrogens with zero attached hydrogens (tertiary/aromatic N) is 4. The fourth-order valence-corrected chi connectivity index (χ4v) is 2.10. The first-order valence-corrected chi connectivity index (χ1v) is 7.06. The molecule has 23 heavy (non-hydrogen) atoms. The number of aliphatic hydroxyl groups excluding tert-OH is 1. The lowest BCUT2D eigenvalue weighted by atomic mass is 10.1. The Hall–Kier alpha value is -3.06. The third kappa shape index (κ3) is 3.58. The Bertz CT molecular complexity index is 774. The van der Waals surface area contributed by atoms with Gasteiger partial charge in [0.1, 0.15) is 12.7 Å². The first kappa shape index (κ1) is 14.9. The van der Waals surface area contributed by atoms with Gasteiger partial charge >= 0.3 is 0 Å². The molecule has 7 nitrogen and oxygen atoms in total. The smallest absolute Gasteiger partial charge is 0.251 e. The van der Waals surface area contributed by atoms with Gasteiger partial charge in [-0.25, -0.2) is 14.6 Å². The Kier molecular flexibility index (Phi) is 4.39. The highest BCUT2D eigenvalue weighted by atomic mass is 16.3. The molecule has 0 saturated heterocycles. The Balaban J connectivity index is 1.66. The van der Waals surface area contributed by atoms with E-state index in [9.17, 15) is 9.90 Å². The lowest BCUT2D eigenvalue weighted by Gasteiger charge is -2.12. The number of aromatic nitrogens is 4. The van der Waals surface area contributed by atoms with Gasteiger partial charge in [-0.3, -0.25) is 4.79 Å². The van der Waals surface area contributed by atoms with Crippen LogP contribution in [0.2, 0.25) is 0 Å². The summed E-state index contributed by atoms with van der Waals surface area (Å²) in [5.41, 5.74) is 1.19. The summed E-state index contributed by atoms with van der Waals surface area (Å²) in [6.45, 7) is 0.129. The standard InChI is InChI=1S/C16H15N5O2/c22-14(12-4-2-1-3-5-12)9-19-16(23)13-6-7-18-15(8-13)21-11-17-10-20-21/h1-8,10-11,14,22H,9H2,(H,19,23). The summed E-state index contributed by atoms with van der Waals surface area (Å²) >= 11 is 0. The third-order valence-corrected chi connectivity index (χ3v) is 3.30. The maximum atomic E-state index is 12.2. The van der Waals surface area contributed by atoms with Crippen molar-refractivity contribution in [3.63, 3.8) is 0 Å². The molecule has 0 aliphatic carbocycles. The topological polar surface area (TPSA) is 92.9 Å². The zero-order valence-corrected chi connectivity index (χ0v) is 12.2. The molecule has 1 unspecified atom stereocenters. The molecular weight excluding hydrogens is 294 g/mol. The van der Waals surface area contributed by atoms with Crippen LogP contribution in [0.25, 0.3) is 5.82 Å². The molecule has 7 heteroatoms. The van der Waals surface area contributed by atoms with Crippen LogP contribution in [0.5, 0.6) is 0 Å². The van der Waals surface area contributed by atoms with Crippen LogP contribution in [-0.2, 0) is 0 Å². The van der Waals surface area contributed by atoms with E-state index in [2.05, 4.69) is 20.4 Å². The number of aliphatic hydroxyl groups is 1. The van der Waals surface area contributed by atoms with Gasteiger partial charge in [0.2, 0.25) is 0 Å². The molecule has 2 heterocycles. The summed E-state index contributed by atoms with van der Waals surface area (Å²) in [5, 5.41) is 16.8. The van der Waals surface area contributed by atoms with Crippen molar-refractivity contribution in [1.29, 1.82) is 0 Å². The summed E-state index contributed by atoms with van der Waals surface area (Å²) in [6.07, 6.45) is 3.67. The highest BCUT2D eigenvalue weighted by molar-refractivity contribution is 5.94. The van der Waals surface area contributed by atoms with Crippen LogP contribution in [-0.4, -0.2) is 37.3 Å². The van der Waals surface area contributed by atoms with Crippen LogP contribution in [0.1, 0.15) is 22.0 Å². The fraction of sp³-hybridized carbons (Fsp3) is 0.125. The molecule has 116 valence electrons. The monoisotopic (exact) mass is 309 g/mol. The van der Waals surface area contributed by atoms with E-state index in [4.69, 9.17) is 0 Å². The minimum Gasteiger partial charge on any atom is -0.387 e. The average Bonchev–Trinajstić information content (AvgIpc) is 3.15. The maximum Gasteiger partial charge on any atom is 0.251 e. The highest BCUT2D eigenvalue weighted by Gasteiger charge is 2.11. The number of hydrogen-bond donors (Lipinski definition) is 2. The number of benzene rings is 1. The van der Waals surface area contributed by atoms with Crippen molar-refractivity contribution in [1.82, 2.24) is 25.1 Å². The normalized spacial score (nSPS) is 11.9. The maximum absolute atomic E-state index is 12.2. The van der Waals surface area contributed by atoms with Gasteiger partial charge in [0.25, 0.3) is 5.91 Å². The van der Waals surface area contributed by atoms with Crippen LogP contribution in [0.4, 0.5) is 0 Å². The van der Waals surface area contributed by atoms with E-state index >= 15 is 0 Å². The number of amides is 1. The summed E-state index contributed by atoms with van der Waals surface area (Å²) in [4.78, 5) is 20.2. The first-order chi connectivity index (χ1) is 11.2. The molecule has 1 amide bonds. The summed E-state index contributed by atoms with van der Waals surface area (Å²) in [5.74, 6) is 0.211. The zero-order valence-electron chi connectivity index (χ0n) is 12.2. The van der Waals surface area contributed by atoms with E-state index < -0.39 is 6.10 Å². The van der Waals surface area contributed by atoms with Crippen molar-refractivity contribution in [3.05, 3.63) is 72.4 Å². The van der Waals surface area contributed by atoms with E-state index in [1.54, 1.807) is 12.1 Å². The van der Waals surface area contributed by atoms with Crippen molar-refractivity contribution >= 4 is 5.91 Å². The van der Waals surface area contributed by atoms with E-state index in [-0.39, 0.29) is 12.5 Å². The van der Waals surface area contributed by atoms with E-state index in [1.165, 1.54) is 23.5 Å². The van der Waals surface area contributed by atoms with Gasteiger partial charge in [-0.1, -0.05) is 30.3 Å². The first-order valence-electron chi connectivity index (χ1n) is 7.06. The molecule has 0 spiro atoms. The Morgan fingerprint density at radius 2 is 2.09 bits per heavy atom.